The molecule has 0 saturated carbocycles. The fourth-order valence-corrected chi connectivity index (χ4v) is 3.18. The average Bonchev–Trinajstić information content (AvgIpc) is 2.68. The van der Waals surface area contributed by atoms with Crippen LogP contribution in [0.15, 0.2) is 47.4 Å². The Morgan fingerprint density at radius 3 is 2.16 bits per heavy atom. The van der Waals surface area contributed by atoms with E-state index in [9.17, 15) is 40.0 Å². The van der Waals surface area contributed by atoms with Crippen LogP contribution in [-0.4, -0.2) is 32.2 Å². The van der Waals surface area contributed by atoms with Crippen molar-refractivity contribution in [1.29, 1.82) is 0 Å². The zero-order valence-electron chi connectivity index (χ0n) is 15.4. The molecular formula is C18H13ClF5NO5S. The normalized spacial score (nSPS) is 13.0. The third-order valence-corrected chi connectivity index (χ3v) is 5.57. The Balaban J connectivity index is 2.07. The van der Waals surface area contributed by atoms with E-state index in [0.29, 0.717) is 6.07 Å². The summed E-state index contributed by atoms with van der Waals surface area (Å²) in [5, 5.41) is 1.57. The number of sulfone groups is 1. The summed E-state index contributed by atoms with van der Waals surface area (Å²) in [5.41, 5.74) is -1.65. The molecule has 1 amide bonds. The highest BCUT2D eigenvalue weighted by Crippen LogP contribution is 2.36. The van der Waals surface area contributed by atoms with E-state index in [2.05, 4.69) is 5.32 Å². The van der Waals surface area contributed by atoms with Crippen LogP contribution in [0.5, 0.6) is 0 Å². The summed E-state index contributed by atoms with van der Waals surface area (Å²) in [6, 6.07) is 6.03. The number of halogens is 6. The largest absolute Gasteiger partial charge is 0.449 e. The molecule has 1 N–H and O–H groups in total. The number of benzene rings is 2. The van der Waals surface area contributed by atoms with Crippen molar-refractivity contribution < 1.29 is 44.7 Å². The van der Waals surface area contributed by atoms with Gasteiger partial charge in [-0.15, -0.1) is 0 Å². The van der Waals surface area contributed by atoms with Gasteiger partial charge in [0.15, 0.2) is 6.10 Å². The zero-order chi connectivity index (χ0) is 23.6. The van der Waals surface area contributed by atoms with Crippen molar-refractivity contribution in [3.05, 3.63) is 58.6 Å². The maximum Gasteiger partial charge on any atom is 0.417 e. The molecule has 1 atom stereocenters. The molecule has 0 spiro atoms. The van der Waals surface area contributed by atoms with E-state index in [0.717, 1.165) is 43.3 Å². The van der Waals surface area contributed by atoms with E-state index in [-0.39, 0.29) is 11.3 Å². The Bertz CT molecular complexity index is 1090. The number of amides is 1. The van der Waals surface area contributed by atoms with Gasteiger partial charge in [-0.2, -0.15) is 22.0 Å². The van der Waals surface area contributed by atoms with E-state index in [1.807, 2.05) is 0 Å². The number of nitrogens with one attached hydrogen (secondary N) is 1. The predicted octanol–water partition coefficient (Wildman–Crippen LogP) is 4.54. The van der Waals surface area contributed by atoms with Crippen molar-refractivity contribution in [1.82, 2.24) is 0 Å². The van der Waals surface area contributed by atoms with Gasteiger partial charge in [-0.3, -0.25) is 4.79 Å². The summed E-state index contributed by atoms with van der Waals surface area (Å²) in [4.78, 5) is 23.5. The van der Waals surface area contributed by atoms with E-state index >= 15 is 0 Å². The Labute approximate surface area is 177 Å². The Morgan fingerprint density at radius 1 is 1.06 bits per heavy atom. The van der Waals surface area contributed by atoms with Crippen LogP contribution in [0, 0.1) is 0 Å². The summed E-state index contributed by atoms with van der Waals surface area (Å²) in [6.07, 6.45) is -6.21. The van der Waals surface area contributed by atoms with Crippen molar-refractivity contribution in [2.75, 3.05) is 5.32 Å². The minimum Gasteiger partial charge on any atom is -0.449 e. The first-order valence-electron chi connectivity index (χ1n) is 8.24. The molecule has 6 nitrogen and oxygen atoms in total. The van der Waals surface area contributed by atoms with Crippen LogP contribution >= 0.6 is 11.6 Å². The van der Waals surface area contributed by atoms with Gasteiger partial charge in [0.25, 0.3) is 5.91 Å². The van der Waals surface area contributed by atoms with Crippen LogP contribution in [0.3, 0.4) is 0 Å². The maximum atomic E-state index is 12.9. The quantitative estimate of drug-likeness (QED) is 0.479. The highest BCUT2D eigenvalue weighted by molar-refractivity contribution is 7.91. The SMILES string of the molecule is CC(OC(=O)c1ccc(S(=O)(=O)C(F)F)cc1)C(=O)Nc1ccc(Cl)c(C(F)(F)F)c1. The van der Waals surface area contributed by atoms with Gasteiger partial charge in [0.05, 0.1) is 21.0 Å². The lowest BCUT2D eigenvalue weighted by Crippen LogP contribution is -2.30. The van der Waals surface area contributed by atoms with E-state index in [1.54, 1.807) is 0 Å². The molecule has 0 radical (unpaired) electrons. The third kappa shape index (κ3) is 5.91. The number of hydrogen-bond donors (Lipinski definition) is 1. The van der Waals surface area contributed by atoms with E-state index < -0.39 is 55.2 Å². The molecule has 0 aliphatic rings. The van der Waals surface area contributed by atoms with Gasteiger partial charge in [0, 0.05) is 5.69 Å². The van der Waals surface area contributed by atoms with Crippen LogP contribution in [-0.2, 0) is 25.5 Å². The van der Waals surface area contributed by atoms with Crippen LogP contribution in [0.2, 0.25) is 5.02 Å². The maximum absolute atomic E-state index is 12.9. The number of hydrogen-bond acceptors (Lipinski definition) is 5. The van der Waals surface area contributed by atoms with Gasteiger partial charge in [0.2, 0.25) is 9.84 Å². The van der Waals surface area contributed by atoms with Gasteiger partial charge in [-0.05, 0) is 49.4 Å². The van der Waals surface area contributed by atoms with E-state index in [4.69, 9.17) is 16.3 Å². The first-order valence-corrected chi connectivity index (χ1v) is 10.2. The predicted molar refractivity (Wildman–Crippen MR) is 99.6 cm³/mol. The smallest absolute Gasteiger partial charge is 0.417 e. The van der Waals surface area contributed by atoms with Crippen molar-refractivity contribution in [2.24, 2.45) is 0 Å². The summed E-state index contributed by atoms with van der Waals surface area (Å²) >= 11 is 5.49. The Morgan fingerprint density at radius 2 is 1.65 bits per heavy atom. The molecule has 2 rings (SSSR count). The second kappa shape index (κ2) is 9.18. The van der Waals surface area contributed by atoms with Crippen LogP contribution in [0.4, 0.5) is 27.6 Å². The molecule has 0 aliphatic heterocycles. The zero-order valence-corrected chi connectivity index (χ0v) is 17.0. The minimum atomic E-state index is -4.85. The van der Waals surface area contributed by atoms with Gasteiger partial charge in [-0.1, -0.05) is 11.6 Å². The molecule has 2 aromatic carbocycles. The lowest BCUT2D eigenvalue weighted by molar-refractivity contribution is -0.137. The minimum absolute atomic E-state index is 0.237. The standard InChI is InChI=1S/C18H13ClF5NO5S/c1-9(15(26)25-11-4-7-14(19)13(8-11)18(22,23)24)30-16(27)10-2-5-12(6-3-10)31(28,29)17(20)21/h2-9,17H,1H3,(H,25,26). The van der Waals surface area contributed by atoms with Crippen LogP contribution < -0.4 is 5.32 Å². The first kappa shape index (κ1) is 24.5. The number of ether oxygens (including phenoxy) is 1. The molecular weight excluding hydrogens is 473 g/mol. The number of carbonyl (C=O) groups excluding carboxylic acids is 2. The summed E-state index contributed by atoms with van der Waals surface area (Å²) < 4.78 is 91.3. The van der Waals surface area contributed by atoms with Crippen molar-refractivity contribution in [3.63, 3.8) is 0 Å². The number of alkyl halides is 5. The molecule has 168 valence electrons. The topological polar surface area (TPSA) is 89.5 Å². The third-order valence-electron chi connectivity index (χ3n) is 3.85. The fraction of sp³-hybridized carbons (Fsp3) is 0.222. The average molecular weight is 486 g/mol. The molecule has 31 heavy (non-hydrogen) atoms. The van der Waals surface area contributed by atoms with Gasteiger partial charge in [0.1, 0.15) is 0 Å². The molecule has 1 unspecified atom stereocenters. The van der Waals surface area contributed by atoms with Crippen molar-refractivity contribution >= 4 is 39.0 Å². The molecule has 0 heterocycles. The fourth-order valence-electron chi connectivity index (χ4n) is 2.23. The first-order chi connectivity index (χ1) is 14.2. The van der Waals surface area contributed by atoms with E-state index in [1.165, 1.54) is 0 Å². The van der Waals surface area contributed by atoms with Crippen molar-refractivity contribution in [3.8, 4) is 0 Å². The second-order valence-electron chi connectivity index (χ2n) is 6.06. The molecule has 13 heteroatoms. The molecule has 0 aromatic heterocycles. The molecule has 0 bridgehead atoms. The number of rotatable bonds is 6. The molecule has 0 fully saturated rings. The Hall–Kier alpha value is -2.73. The van der Waals surface area contributed by atoms with Gasteiger partial charge >= 0.3 is 17.9 Å². The number of carbonyl (C=O) groups is 2. The molecule has 2 aromatic rings. The number of anilines is 1. The van der Waals surface area contributed by atoms with Crippen LogP contribution in [0.25, 0.3) is 0 Å². The molecule has 0 aliphatic carbocycles. The summed E-state index contributed by atoms with van der Waals surface area (Å²) in [6.45, 7) is 1.14. The highest BCUT2D eigenvalue weighted by atomic mass is 35.5. The summed E-state index contributed by atoms with van der Waals surface area (Å²) in [7, 11) is -4.85. The van der Waals surface area contributed by atoms with Crippen molar-refractivity contribution in [2.45, 2.75) is 29.9 Å². The highest BCUT2D eigenvalue weighted by Gasteiger charge is 2.33. The lowest BCUT2D eigenvalue weighted by Gasteiger charge is -2.15. The molecule has 0 saturated heterocycles. The monoisotopic (exact) mass is 485 g/mol. The van der Waals surface area contributed by atoms with Gasteiger partial charge in [-0.25, -0.2) is 13.2 Å². The second-order valence-corrected chi connectivity index (χ2v) is 8.38. The number of esters is 1. The Kier molecular flexibility index (Phi) is 7.27. The summed E-state index contributed by atoms with van der Waals surface area (Å²) in [5.74, 6) is -5.68. The van der Waals surface area contributed by atoms with Gasteiger partial charge < -0.3 is 10.1 Å². The van der Waals surface area contributed by atoms with Crippen LogP contribution in [0.1, 0.15) is 22.8 Å². The lowest BCUT2D eigenvalue weighted by atomic mass is 10.2.